The molecule has 24 heavy (non-hydrogen) atoms. The van der Waals surface area contributed by atoms with Crippen molar-refractivity contribution in [1.82, 2.24) is 4.98 Å². The van der Waals surface area contributed by atoms with Crippen molar-refractivity contribution < 1.29 is 10.0 Å². The Morgan fingerprint density at radius 2 is 1.92 bits per heavy atom. The molecular formula is C18H21N3O3. The standard InChI is InChI=1S/C18H21N3O3/c22-18(15-5-2-1-3-6-15)10-8-14(9-11-18)13-20-17-16(21(23)24)7-4-12-19-17/h1-7,12,14,22H,8-11,13H2,(H,19,20). The lowest BCUT2D eigenvalue weighted by molar-refractivity contribution is -0.384. The fourth-order valence-corrected chi connectivity index (χ4v) is 3.32. The minimum absolute atomic E-state index is 0.00546. The van der Waals surface area contributed by atoms with Crippen LogP contribution in [0.3, 0.4) is 0 Å². The highest BCUT2D eigenvalue weighted by Crippen LogP contribution is 2.39. The molecule has 0 atom stereocenters. The molecule has 6 heteroatoms. The SMILES string of the molecule is O=[N+]([O-])c1cccnc1NCC1CCC(O)(c2ccccc2)CC1. The van der Waals surface area contributed by atoms with Gasteiger partial charge in [0.05, 0.1) is 10.5 Å². The fourth-order valence-electron chi connectivity index (χ4n) is 3.32. The van der Waals surface area contributed by atoms with E-state index in [4.69, 9.17) is 0 Å². The van der Waals surface area contributed by atoms with Crippen LogP contribution in [0, 0.1) is 16.0 Å². The molecule has 1 aliphatic carbocycles. The van der Waals surface area contributed by atoms with Crippen molar-refractivity contribution in [2.45, 2.75) is 31.3 Å². The Balaban J connectivity index is 1.58. The molecule has 2 N–H and O–H groups in total. The molecule has 126 valence electrons. The van der Waals surface area contributed by atoms with E-state index in [1.165, 1.54) is 6.07 Å². The Kier molecular flexibility index (Phi) is 4.76. The van der Waals surface area contributed by atoms with Gasteiger partial charge in [-0.2, -0.15) is 0 Å². The molecule has 1 fully saturated rings. The number of nitrogens with one attached hydrogen (secondary N) is 1. The number of anilines is 1. The Morgan fingerprint density at radius 1 is 1.21 bits per heavy atom. The molecule has 2 aromatic rings. The van der Waals surface area contributed by atoms with E-state index in [1.807, 2.05) is 30.3 Å². The summed E-state index contributed by atoms with van der Waals surface area (Å²) >= 11 is 0. The van der Waals surface area contributed by atoms with Crippen LogP contribution in [0.5, 0.6) is 0 Å². The van der Waals surface area contributed by atoms with Gasteiger partial charge in [0.2, 0.25) is 5.82 Å². The summed E-state index contributed by atoms with van der Waals surface area (Å²) in [4.78, 5) is 14.6. The second kappa shape index (κ2) is 6.97. The lowest BCUT2D eigenvalue weighted by Gasteiger charge is -2.36. The van der Waals surface area contributed by atoms with Gasteiger partial charge in [0, 0.05) is 18.8 Å². The highest BCUT2D eigenvalue weighted by atomic mass is 16.6. The summed E-state index contributed by atoms with van der Waals surface area (Å²) in [7, 11) is 0. The van der Waals surface area contributed by atoms with Gasteiger partial charge in [-0.15, -0.1) is 0 Å². The van der Waals surface area contributed by atoms with E-state index < -0.39 is 10.5 Å². The smallest absolute Gasteiger partial charge is 0.311 e. The molecular weight excluding hydrogens is 306 g/mol. The molecule has 0 radical (unpaired) electrons. The van der Waals surface area contributed by atoms with Crippen LogP contribution in [-0.2, 0) is 5.60 Å². The van der Waals surface area contributed by atoms with Gasteiger partial charge < -0.3 is 10.4 Å². The van der Waals surface area contributed by atoms with Gasteiger partial charge in [-0.25, -0.2) is 4.98 Å². The van der Waals surface area contributed by atoms with Gasteiger partial charge in [-0.1, -0.05) is 30.3 Å². The third-order valence-electron chi connectivity index (χ3n) is 4.78. The molecule has 0 aliphatic heterocycles. The van der Waals surface area contributed by atoms with Gasteiger partial charge in [0.1, 0.15) is 0 Å². The van der Waals surface area contributed by atoms with Crippen LogP contribution in [-0.4, -0.2) is 21.6 Å². The number of pyridine rings is 1. The number of hydrogen-bond acceptors (Lipinski definition) is 5. The highest BCUT2D eigenvalue weighted by molar-refractivity contribution is 5.55. The number of rotatable bonds is 5. The molecule has 0 bridgehead atoms. The number of nitro groups is 1. The zero-order chi connectivity index (χ0) is 17.0. The van der Waals surface area contributed by atoms with Crippen LogP contribution in [0.25, 0.3) is 0 Å². The predicted octanol–water partition coefficient (Wildman–Crippen LogP) is 3.48. The summed E-state index contributed by atoms with van der Waals surface area (Å²) in [6.45, 7) is 0.628. The van der Waals surface area contributed by atoms with Gasteiger partial charge in [0.25, 0.3) is 0 Å². The summed E-state index contributed by atoms with van der Waals surface area (Å²) in [5, 5.41) is 24.9. The summed E-state index contributed by atoms with van der Waals surface area (Å²) in [6, 6.07) is 12.8. The molecule has 6 nitrogen and oxygen atoms in total. The molecule has 0 spiro atoms. The van der Waals surface area contributed by atoms with Gasteiger partial charge >= 0.3 is 5.69 Å². The van der Waals surface area contributed by atoms with E-state index in [9.17, 15) is 15.2 Å². The largest absolute Gasteiger partial charge is 0.385 e. The van der Waals surface area contributed by atoms with Crippen LogP contribution in [0.1, 0.15) is 31.2 Å². The molecule has 1 aromatic carbocycles. The van der Waals surface area contributed by atoms with E-state index in [0.29, 0.717) is 31.1 Å². The van der Waals surface area contributed by atoms with E-state index in [1.54, 1.807) is 12.3 Å². The van der Waals surface area contributed by atoms with E-state index >= 15 is 0 Å². The van der Waals surface area contributed by atoms with Crippen molar-refractivity contribution in [2.24, 2.45) is 5.92 Å². The van der Waals surface area contributed by atoms with Crippen molar-refractivity contribution in [3.05, 3.63) is 64.3 Å². The number of aliphatic hydroxyl groups is 1. The van der Waals surface area contributed by atoms with Gasteiger partial charge in [-0.05, 0) is 43.2 Å². The van der Waals surface area contributed by atoms with Crippen molar-refractivity contribution in [3.63, 3.8) is 0 Å². The maximum atomic E-state index is 11.0. The molecule has 1 aromatic heterocycles. The lowest BCUT2D eigenvalue weighted by Crippen LogP contribution is -2.33. The maximum Gasteiger partial charge on any atom is 0.311 e. The van der Waals surface area contributed by atoms with Crippen LogP contribution in [0.4, 0.5) is 11.5 Å². The van der Waals surface area contributed by atoms with Crippen LogP contribution in [0.15, 0.2) is 48.7 Å². The number of benzene rings is 1. The Labute approximate surface area is 140 Å². The Hall–Kier alpha value is -2.47. The molecule has 0 amide bonds. The highest BCUT2D eigenvalue weighted by Gasteiger charge is 2.34. The second-order valence-electron chi connectivity index (χ2n) is 6.35. The normalized spacial score (nSPS) is 23.6. The monoisotopic (exact) mass is 327 g/mol. The van der Waals surface area contributed by atoms with Gasteiger partial charge in [0.15, 0.2) is 0 Å². The molecule has 0 saturated heterocycles. The summed E-state index contributed by atoms with van der Waals surface area (Å²) in [5.74, 6) is 0.682. The van der Waals surface area contributed by atoms with E-state index in [2.05, 4.69) is 10.3 Å². The topological polar surface area (TPSA) is 88.3 Å². The second-order valence-corrected chi connectivity index (χ2v) is 6.35. The van der Waals surface area contributed by atoms with Gasteiger partial charge in [-0.3, -0.25) is 10.1 Å². The van der Waals surface area contributed by atoms with Crippen LogP contribution in [0.2, 0.25) is 0 Å². The zero-order valence-electron chi connectivity index (χ0n) is 13.4. The predicted molar refractivity (Wildman–Crippen MR) is 91.7 cm³/mol. The summed E-state index contributed by atoms with van der Waals surface area (Å²) < 4.78 is 0. The van der Waals surface area contributed by atoms with Crippen molar-refractivity contribution in [1.29, 1.82) is 0 Å². The average molecular weight is 327 g/mol. The Bertz CT molecular complexity index is 698. The third-order valence-corrected chi connectivity index (χ3v) is 4.78. The Morgan fingerprint density at radius 3 is 2.58 bits per heavy atom. The number of nitrogens with zero attached hydrogens (tertiary/aromatic N) is 2. The van der Waals surface area contributed by atoms with E-state index in [0.717, 1.165) is 18.4 Å². The number of aromatic nitrogens is 1. The first kappa shape index (κ1) is 16.4. The number of hydrogen-bond donors (Lipinski definition) is 2. The van der Waals surface area contributed by atoms with Crippen molar-refractivity contribution >= 4 is 11.5 Å². The van der Waals surface area contributed by atoms with Crippen LogP contribution < -0.4 is 5.32 Å². The molecule has 1 saturated carbocycles. The first-order valence-corrected chi connectivity index (χ1v) is 8.20. The fraction of sp³-hybridized carbons (Fsp3) is 0.389. The zero-order valence-corrected chi connectivity index (χ0v) is 13.4. The summed E-state index contributed by atoms with van der Waals surface area (Å²) in [6.07, 6.45) is 4.70. The first-order valence-electron chi connectivity index (χ1n) is 8.20. The van der Waals surface area contributed by atoms with Crippen LogP contribution >= 0.6 is 0 Å². The molecule has 3 rings (SSSR count). The third kappa shape index (κ3) is 3.54. The average Bonchev–Trinajstić information content (AvgIpc) is 2.62. The lowest BCUT2D eigenvalue weighted by atomic mass is 9.75. The quantitative estimate of drug-likeness (QED) is 0.648. The minimum atomic E-state index is -0.755. The van der Waals surface area contributed by atoms with E-state index in [-0.39, 0.29) is 5.69 Å². The molecule has 0 unspecified atom stereocenters. The summed E-state index contributed by atoms with van der Waals surface area (Å²) in [5.41, 5.74) is 0.209. The maximum absolute atomic E-state index is 11.0. The van der Waals surface area contributed by atoms with Crippen molar-refractivity contribution in [2.75, 3.05) is 11.9 Å². The molecule has 1 aliphatic rings. The first-order chi connectivity index (χ1) is 11.6. The molecule has 1 heterocycles. The minimum Gasteiger partial charge on any atom is -0.385 e. The van der Waals surface area contributed by atoms with Crippen molar-refractivity contribution in [3.8, 4) is 0 Å².